The van der Waals surface area contributed by atoms with Crippen LogP contribution in [0.5, 0.6) is 0 Å². The molecule has 0 aromatic heterocycles. The summed E-state index contributed by atoms with van der Waals surface area (Å²) in [6, 6.07) is 2.59. The standard InChI is InChI=1S/C15H14B2F5NO8S2/c18-33(19,20,21,22)13-5-10(17(29)30)4-12(6-13)32(31)11-2-8(1-9(3-11)16(27)28)15(26)23-7-14(24)25/h1-6,27-30H,7H2,(H,23,26)(H,24,25). The smallest absolute Gasteiger partial charge is 0.480 e. The molecule has 1 atom stereocenters. The Morgan fingerprint density at radius 2 is 1.33 bits per heavy atom. The summed E-state index contributed by atoms with van der Waals surface area (Å²) in [4.78, 5) is 18.6. The van der Waals surface area contributed by atoms with Crippen molar-refractivity contribution in [3.8, 4) is 0 Å². The number of benzene rings is 2. The fraction of sp³-hybridized carbons (Fsp3) is 0.0667. The van der Waals surface area contributed by atoms with Crippen LogP contribution < -0.4 is 16.2 Å². The summed E-state index contributed by atoms with van der Waals surface area (Å²) in [6.07, 6.45) is 0. The molecule has 18 heteroatoms. The van der Waals surface area contributed by atoms with E-state index < -0.39 is 84.9 Å². The molecule has 1 unspecified atom stereocenters. The summed E-state index contributed by atoms with van der Waals surface area (Å²) in [6.45, 7) is -0.854. The fourth-order valence-corrected chi connectivity index (χ4v) is 4.49. The number of amides is 1. The van der Waals surface area contributed by atoms with Crippen LogP contribution in [-0.2, 0) is 15.6 Å². The number of rotatable bonds is 8. The van der Waals surface area contributed by atoms with E-state index in [1.165, 1.54) is 0 Å². The minimum absolute atomic E-state index is 0.171. The topological polar surface area (TPSA) is 164 Å². The van der Waals surface area contributed by atoms with Crippen LogP contribution in [0.25, 0.3) is 0 Å². The summed E-state index contributed by atoms with van der Waals surface area (Å²) in [7, 11) is -18.0. The molecule has 0 heterocycles. The first-order chi connectivity index (χ1) is 14.8. The summed E-state index contributed by atoms with van der Waals surface area (Å²) >= 11 is 0. The van der Waals surface area contributed by atoms with Crippen molar-refractivity contribution >= 4 is 58.1 Å². The highest BCUT2D eigenvalue weighted by atomic mass is 32.5. The number of carboxylic acid groups (broad SMARTS) is 1. The van der Waals surface area contributed by atoms with E-state index in [9.17, 15) is 53.3 Å². The maximum Gasteiger partial charge on any atom is 0.488 e. The predicted octanol–water partition coefficient (Wildman–Crippen LogP) is -0.315. The van der Waals surface area contributed by atoms with Crippen LogP contribution in [0.15, 0.2) is 51.1 Å². The predicted molar refractivity (Wildman–Crippen MR) is 109 cm³/mol. The van der Waals surface area contributed by atoms with Crippen LogP contribution in [0.3, 0.4) is 0 Å². The van der Waals surface area contributed by atoms with Crippen LogP contribution >= 0.6 is 10.2 Å². The molecule has 33 heavy (non-hydrogen) atoms. The molecule has 0 saturated heterocycles. The van der Waals surface area contributed by atoms with Crippen LogP contribution in [0.2, 0.25) is 0 Å². The maximum atomic E-state index is 13.3. The second kappa shape index (κ2) is 8.37. The van der Waals surface area contributed by atoms with Crippen molar-refractivity contribution in [3.63, 3.8) is 0 Å². The fourth-order valence-electron chi connectivity index (χ4n) is 2.48. The van der Waals surface area contributed by atoms with E-state index in [0.717, 1.165) is 18.2 Å². The highest BCUT2D eigenvalue weighted by molar-refractivity contribution is 8.45. The van der Waals surface area contributed by atoms with Crippen LogP contribution in [0, 0.1) is 0 Å². The first-order valence-electron chi connectivity index (χ1n) is 8.46. The zero-order chi connectivity index (χ0) is 25.4. The van der Waals surface area contributed by atoms with Crippen molar-refractivity contribution in [3.05, 3.63) is 42.0 Å². The number of nitrogens with one attached hydrogen (secondary N) is 1. The summed E-state index contributed by atoms with van der Waals surface area (Å²) in [5.41, 5.74) is -2.01. The molecule has 2 rings (SSSR count). The highest BCUT2D eigenvalue weighted by Crippen LogP contribution is 3.02. The number of carboxylic acids is 1. The Kier molecular flexibility index (Phi) is 6.79. The Hall–Kier alpha value is -2.50. The molecular formula is C15H14B2F5NO8S2. The monoisotopic (exact) mass is 517 g/mol. The highest BCUT2D eigenvalue weighted by Gasteiger charge is 2.65. The lowest BCUT2D eigenvalue weighted by molar-refractivity contribution is -0.135. The molecule has 0 spiro atoms. The number of carbonyl (C=O) groups excluding carboxylic acids is 1. The van der Waals surface area contributed by atoms with Crippen LogP contribution in [0.1, 0.15) is 10.4 Å². The van der Waals surface area contributed by atoms with E-state index in [-0.39, 0.29) is 12.1 Å². The lowest BCUT2D eigenvalue weighted by Gasteiger charge is -2.40. The zero-order valence-electron chi connectivity index (χ0n) is 16.0. The van der Waals surface area contributed by atoms with E-state index in [1.54, 1.807) is 0 Å². The van der Waals surface area contributed by atoms with Gasteiger partial charge in [0.2, 0.25) is 0 Å². The van der Waals surface area contributed by atoms with Gasteiger partial charge in [-0.15, -0.1) is 0 Å². The third-order valence-corrected chi connectivity index (χ3v) is 6.42. The molecule has 1 amide bonds. The van der Waals surface area contributed by atoms with Gasteiger partial charge in [-0.2, -0.15) is 0 Å². The lowest BCUT2D eigenvalue weighted by Crippen LogP contribution is -2.34. The first-order valence-corrected chi connectivity index (χ1v) is 11.6. The van der Waals surface area contributed by atoms with E-state index >= 15 is 0 Å². The van der Waals surface area contributed by atoms with Crippen molar-refractivity contribution in [2.45, 2.75) is 14.7 Å². The van der Waals surface area contributed by atoms with Gasteiger partial charge in [0.25, 0.3) is 5.91 Å². The number of halogens is 5. The molecule has 0 aliphatic rings. The lowest BCUT2D eigenvalue weighted by atomic mass is 9.79. The maximum absolute atomic E-state index is 13.3. The Balaban J connectivity index is 2.66. The second-order valence-corrected chi connectivity index (χ2v) is 10.5. The molecule has 0 aliphatic heterocycles. The van der Waals surface area contributed by atoms with Gasteiger partial charge in [0.15, 0.2) is 0 Å². The van der Waals surface area contributed by atoms with Crippen molar-refractivity contribution in [1.82, 2.24) is 5.32 Å². The molecule has 0 radical (unpaired) electrons. The van der Waals surface area contributed by atoms with Crippen molar-refractivity contribution < 1.29 is 58.4 Å². The number of aliphatic carboxylic acids is 1. The molecule has 9 nitrogen and oxygen atoms in total. The first kappa shape index (κ1) is 26.7. The molecule has 0 saturated carbocycles. The largest absolute Gasteiger partial charge is 0.488 e. The molecule has 2 aromatic rings. The Bertz CT molecular complexity index is 1150. The van der Waals surface area contributed by atoms with E-state index in [4.69, 9.17) is 5.11 Å². The number of carbonyl (C=O) groups is 2. The quantitative estimate of drug-likeness (QED) is 0.205. The van der Waals surface area contributed by atoms with Gasteiger partial charge in [0.1, 0.15) is 11.4 Å². The average Bonchev–Trinajstić information content (AvgIpc) is 2.68. The van der Waals surface area contributed by atoms with E-state index in [2.05, 4.69) is 0 Å². The third kappa shape index (κ3) is 6.99. The molecule has 0 bridgehead atoms. The van der Waals surface area contributed by atoms with Gasteiger partial charge < -0.3 is 30.5 Å². The van der Waals surface area contributed by atoms with E-state index in [1.807, 2.05) is 5.32 Å². The van der Waals surface area contributed by atoms with Gasteiger partial charge >= 0.3 is 30.4 Å². The normalized spacial score (nSPS) is 14.6. The van der Waals surface area contributed by atoms with Crippen molar-refractivity contribution in [2.24, 2.45) is 0 Å². The van der Waals surface area contributed by atoms with Gasteiger partial charge in [-0.25, -0.2) is 4.21 Å². The van der Waals surface area contributed by atoms with Gasteiger partial charge in [0.05, 0.1) is 10.8 Å². The van der Waals surface area contributed by atoms with Gasteiger partial charge in [-0.05, 0) is 47.3 Å². The molecular weight excluding hydrogens is 503 g/mol. The average molecular weight is 517 g/mol. The van der Waals surface area contributed by atoms with Gasteiger partial charge in [-0.1, -0.05) is 19.4 Å². The van der Waals surface area contributed by atoms with Crippen LogP contribution in [0.4, 0.5) is 19.4 Å². The van der Waals surface area contributed by atoms with Gasteiger partial charge in [-0.3, -0.25) is 9.59 Å². The summed E-state index contributed by atoms with van der Waals surface area (Å²) in [5.74, 6) is -2.53. The summed E-state index contributed by atoms with van der Waals surface area (Å²) in [5, 5.41) is 47.7. The van der Waals surface area contributed by atoms with Gasteiger partial charge in [0, 0.05) is 15.4 Å². The Morgan fingerprint density at radius 3 is 1.79 bits per heavy atom. The van der Waals surface area contributed by atoms with Crippen LogP contribution in [-0.4, -0.2) is 62.1 Å². The second-order valence-electron chi connectivity index (χ2n) is 6.59. The zero-order valence-corrected chi connectivity index (χ0v) is 17.6. The minimum atomic E-state index is -10.3. The number of hydrogen-bond acceptors (Lipinski definition) is 7. The molecule has 0 aliphatic carbocycles. The minimum Gasteiger partial charge on any atom is -0.480 e. The molecule has 180 valence electrons. The Morgan fingerprint density at radius 1 is 0.848 bits per heavy atom. The van der Waals surface area contributed by atoms with Crippen molar-refractivity contribution in [2.75, 3.05) is 6.54 Å². The molecule has 0 fully saturated rings. The van der Waals surface area contributed by atoms with Crippen molar-refractivity contribution in [1.29, 1.82) is 0 Å². The SMILES string of the molecule is O=C(O)CNC(=O)c1cc(B(O)O)cc(S(=O)c2cc(B(O)O)cc(S(F)(F)(F)(F)F)c2)c1. The molecule has 6 N–H and O–H groups in total. The molecule has 2 aromatic carbocycles. The Labute approximate surface area is 185 Å². The number of hydrogen-bond donors (Lipinski definition) is 6. The summed E-state index contributed by atoms with van der Waals surface area (Å²) < 4.78 is 79.4. The van der Waals surface area contributed by atoms with E-state index in [0.29, 0.717) is 6.07 Å². The third-order valence-electron chi connectivity index (χ3n) is 3.96.